The SMILES string of the molecule is COc1ccc2c(c1)c1cc(Br)ccc1n2C. The van der Waals surface area contributed by atoms with Crippen molar-refractivity contribution in [3.8, 4) is 5.75 Å². The predicted molar refractivity (Wildman–Crippen MR) is 74.7 cm³/mol. The zero-order valence-corrected chi connectivity index (χ0v) is 11.3. The smallest absolute Gasteiger partial charge is 0.119 e. The summed E-state index contributed by atoms with van der Waals surface area (Å²) in [7, 11) is 3.78. The number of fused-ring (bicyclic) bond motifs is 3. The fourth-order valence-corrected chi connectivity index (χ4v) is 2.66. The van der Waals surface area contributed by atoms with Gasteiger partial charge in [0.15, 0.2) is 0 Å². The molecule has 2 aromatic carbocycles. The van der Waals surface area contributed by atoms with Crippen LogP contribution in [0.2, 0.25) is 0 Å². The number of halogens is 1. The molecular formula is C14H12BrNO. The molecule has 0 saturated carbocycles. The Balaban J connectivity index is 2.51. The number of nitrogens with zero attached hydrogens (tertiary/aromatic N) is 1. The molecule has 0 atom stereocenters. The van der Waals surface area contributed by atoms with E-state index in [4.69, 9.17) is 4.74 Å². The van der Waals surface area contributed by atoms with Crippen molar-refractivity contribution in [3.63, 3.8) is 0 Å². The zero-order chi connectivity index (χ0) is 12.0. The Hall–Kier alpha value is -1.48. The molecule has 0 bridgehead atoms. The summed E-state index contributed by atoms with van der Waals surface area (Å²) < 4.78 is 8.59. The molecule has 0 aliphatic heterocycles. The van der Waals surface area contributed by atoms with Crippen molar-refractivity contribution in [1.82, 2.24) is 4.57 Å². The Morgan fingerprint density at radius 2 is 1.65 bits per heavy atom. The summed E-state index contributed by atoms with van der Waals surface area (Å²) in [4.78, 5) is 0. The molecule has 3 heteroatoms. The van der Waals surface area contributed by atoms with Crippen molar-refractivity contribution < 1.29 is 4.74 Å². The molecule has 0 radical (unpaired) electrons. The predicted octanol–water partition coefficient (Wildman–Crippen LogP) is 4.10. The van der Waals surface area contributed by atoms with E-state index in [2.05, 4.69) is 57.9 Å². The highest BCUT2D eigenvalue weighted by Crippen LogP contribution is 2.32. The van der Waals surface area contributed by atoms with Gasteiger partial charge < -0.3 is 9.30 Å². The molecule has 0 N–H and O–H groups in total. The van der Waals surface area contributed by atoms with E-state index in [9.17, 15) is 0 Å². The van der Waals surface area contributed by atoms with Crippen LogP contribution in [0.15, 0.2) is 40.9 Å². The maximum atomic E-state index is 5.29. The molecule has 0 saturated heterocycles. The summed E-state index contributed by atoms with van der Waals surface area (Å²) in [5.74, 6) is 0.893. The van der Waals surface area contributed by atoms with E-state index in [0.717, 1.165) is 10.2 Å². The minimum atomic E-state index is 0.893. The van der Waals surface area contributed by atoms with Gasteiger partial charge in [-0.1, -0.05) is 15.9 Å². The summed E-state index contributed by atoms with van der Waals surface area (Å²) in [5.41, 5.74) is 2.45. The summed E-state index contributed by atoms with van der Waals surface area (Å²) in [6.07, 6.45) is 0. The zero-order valence-electron chi connectivity index (χ0n) is 9.70. The molecule has 0 aliphatic carbocycles. The molecule has 1 aromatic heterocycles. The topological polar surface area (TPSA) is 14.2 Å². The maximum Gasteiger partial charge on any atom is 0.119 e. The number of ether oxygens (including phenoxy) is 1. The van der Waals surface area contributed by atoms with Crippen LogP contribution >= 0.6 is 15.9 Å². The Kier molecular flexibility index (Phi) is 2.37. The monoisotopic (exact) mass is 289 g/mol. The van der Waals surface area contributed by atoms with E-state index in [1.165, 1.54) is 21.8 Å². The lowest BCUT2D eigenvalue weighted by Crippen LogP contribution is -1.86. The van der Waals surface area contributed by atoms with Crippen LogP contribution in [-0.2, 0) is 7.05 Å². The first-order valence-electron chi connectivity index (χ1n) is 5.42. The number of aromatic nitrogens is 1. The molecule has 0 aliphatic rings. The quantitative estimate of drug-likeness (QED) is 0.658. The first-order chi connectivity index (χ1) is 8.20. The minimum Gasteiger partial charge on any atom is -0.497 e. The summed E-state index contributed by atoms with van der Waals surface area (Å²) >= 11 is 3.52. The molecule has 2 nitrogen and oxygen atoms in total. The van der Waals surface area contributed by atoms with Crippen molar-refractivity contribution in [1.29, 1.82) is 0 Å². The van der Waals surface area contributed by atoms with Gasteiger partial charge in [0.2, 0.25) is 0 Å². The van der Waals surface area contributed by atoms with Crippen LogP contribution in [0.3, 0.4) is 0 Å². The average Bonchev–Trinajstić information content (AvgIpc) is 2.62. The molecule has 86 valence electrons. The lowest BCUT2D eigenvalue weighted by molar-refractivity contribution is 0.415. The second kappa shape index (κ2) is 3.77. The average molecular weight is 290 g/mol. The number of rotatable bonds is 1. The number of aryl methyl sites for hydroxylation is 1. The second-order valence-corrected chi connectivity index (χ2v) is 5.02. The highest BCUT2D eigenvalue weighted by atomic mass is 79.9. The fraction of sp³-hybridized carbons (Fsp3) is 0.143. The van der Waals surface area contributed by atoms with E-state index in [-0.39, 0.29) is 0 Å². The first kappa shape index (κ1) is 10.7. The van der Waals surface area contributed by atoms with Crippen molar-refractivity contribution in [2.45, 2.75) is 0 Å². The summed E-state index contributed by atoms with van der Waals surface area (Å²) in [5, 5.41) is 2.47. The van der Waals surface area contributed by atoms with Gasteiger partial charge in [-0.2, -0.15) is 0 Å². The molecule has 3 aromatic rings. The van der Waals surface area contributed by atoms with E-state index in [0.29, 0.717) is 0 Å². The van der Waals surface area contributed by atoms with Crippen LogP contribution in [0, 0.1) is 0 Å². The Morgan fingerprint density at radius 1 is 1.00 bits per heavy atom. The third kappa shape index (κ3) is 1.53. The number of methoxy groups -OCH3 is 1. The standard InChI is InChI=1S/C14H12BrNO/c1-16-13-5-3-9(15)7-11(13)12-8-10(17-2)4-6-14(12)16/h3-8H,1-2H3. The molecule has 0 amide bonds. The van der Waals surface area contributed by atoms with Crippen LogP contribution in [0.5, 0.6) is 5.75 Å². The summed E-state index contributed by atoms with van der Waals surface area (Å²) in [6.45, 7) is 0. The van der Waals surface area contributed by atoms with Crippen LogP contribution in [0.25, 0.3) is 21.8 Å². The molecule has 0 fully saturated rings. The molecule has 1 heterocycles. The number of hydrogen-bond acceptors (Lipinski definition) is 1. The Labute approximate surface area is 108 Å². The molecule has 0 spiro atoms. The van der Waals surface area contributed by atoms with Crippen molar-refractivity contribution in [2.75, 3.05) is 7.11 Å². The summed E-state index contributed by atoms with van der Waals surface area (Å²) in [6, 6.07) is 12.5. The second-order valence-electron chi connectivity index (χ2n) is 4.10. The fourth-order valence-electron chi connectivity index (χ4n) is 2.30. The van der Waals surface area contributed by atoms with Gasteiger partial charge >= 0.3 is 0 Å². The Morgan fingerprint density at radius 3 is 2.35 bits per heavy atom. The first-order valence-corrected chi connectivity index (χ1v) is 6.21. The maximum absolute atomic E-state index is 5.29. The van der Waals surface area contributed by atoms with Gasteiger partial charge in [0.1, 0.15) is 5.75 Å². The highest BCUT2D eigenvalue weighted by Gasteiger charge is 2.09. The van der Waals surface area contributed by atoms with Crippen LogP contribution in [-0.4, -0.2) is 11.7 Å². The van der Waals surface area contributed by atoms with Crippen LogP contribution < -0.4 is 4.74 Å². The molecule has 3 rings (SSSR count). The van der Waals surface area contributed by atoms with Gasteiger partial charge in [0.05, 0.1) is 7.11 Å². The van der Waals surface area contributed by atoms with Gasteiger partial charge in [0.25, 0.3) is 0 Å². The van der Waals surface area contributed by atoms with Gasteiger partial charge in [-0.05, 0) is 36.4 Å². The molecule has 0 unspecified atom stereocenters. The van der Waals surface area contributed by atoms with Gasteiger partial charge in [-0.3, -0.25) is 0 Å². The van der Waals surface area contributed by atoms with E-state index in [1.807, 2.05) is 6.07 Å². The van der Waals surface area contributed by atoms with E-state index >= 15 is 0 Å². The third-order valence-corrected chi connectivity index (χ3v) is 3.67. The normalized spacial score (nSPS) is 11.2. The van der Waals surface area contributed by atoms with Crippen molar-refractivity contribution in [3.05, 3.63) is 40.9 Å². The van der Waals surface area contributed by atoms with Gasteiger partial charge in [0, 0.05) is 33.3 Å². The lowest BCUT2D eigenvalue weighted by Gasteiger charge is -2.00. The van der Waals surface area contributed by atoms with Crippen LogP contribution in [0.1, 0.15) is 0 Å². The Bertz CT molecular complexity index is 715. The van der Waals surface area contributed by atoms with E-state index in [1.54, 1.807) is 7.11 Å². The van der Waals surface area contributed by atoms with Crippen LogP contribution in [0.4, 0.5) is 0 Å². The largest absolute Gasteiger partial charge is 0.497 e. The minimum absolute atomic E-state index is 0.893. The third-order valence-electron chi connectivity index (χ3n) is 3.18. The lowest BCUT2D eigenvalue weighted by atomic mass is 10.1. The highest BCUT2D eigenvalue weighted by molar-refractivity contribution is 9.10. The van der Waals surface area contributed by atoms with Crippen molar-refractivity contribution >= 4 is 37.7 Å². The number of hydrogen-bond donors (Lipinski definition) is 0. The molecular weight excluding hydrogens is 278 g/mol. The molecule has 17 heavy (non-hydrogen) atoms. The van der Waals surface area contributed by atoms with Gasteiger partial charge in [-0.25, -0.2) is 0 Å². The number of benzene rings is 2. The van der Waals surface area contributed by atoms with E-state index < -0.39 is 0 Å². The van der Waals surface area contributed by atoms with Crippen molar-refractivity contribution in [2.24, 2.45) is 7.05 Å². The van der Waals surface area contributed by atoms with Gasteiger partial charge in [-0.15, -0.1) is 0 Å².